The number of benzene rings is 2. The SMILES string of the molecule is COc1ccc(N2CC(C(=O)N(Cc3ccc(C#N)cc3)CC(F)(F)F)CC2=O)cc1OC. The van der Waals surface area contributed by atoms with E-state index in [1.165, 1.54) is 43.4 Å². The van der Waals surface area contributed by atoms with Crippen molar-refractivity contribution in [2.45, 2.75) is 19.1 Å². The first-order valence-corrected chi connectivity index (χ1v) is 10.0. The average Bonchev–Trinajstić information content (AvgIpc) is 3.18. The second-order valence-electron chi connectivity index (χ2n) is 7.56. The lowest BCUT2D eigenvalue weighted by molar-refractivity contribution is -0.164. The molecule has 0 spiro atoms. The minimum atomic E-state index is -4.60. The van der Waals surface area contributed by atoms with Crippen LogP contribution in [-0.2, 0) is 16.1 Å². The topological polar surface area (TPSA) is 82.9 Å². The van der Waals surface area contributed by atoms with Crippen molar-refractivity contribution >= 4 is 17.5 Å². The Morgan fingerprint density at radius 1 is 1.15 bits per heavy atom. The smallest absolute Gasteiger partial charge is 0.406 e. The van der Waals surface area contributed by atoms with E-state index in [1.807, 2.05) is 6.07 Å². The highest BCUT2D eigenvalue weighted by Gasteiger charge is 2.40. The lowest BCUT2D eigenvalue weighted by Gasteiger charge is -2.27. The number of hydrogen-bond acceptors (Lipinski definition) is 5. The van der Waals surface area contributed by atoms with Crippen LogP contribution in [0.25, 0.3) is 0 Å². The van der Waals surface area contributed by atoms with Gasteiger partial charge >= 0.3 is 6.18 Å². The highest BCUT2D eigenvalue weighted by molar-refractivity contribution is 6.00. The molecule has 33 heavy (non-hydrogen) atoms. The summed E-state index contributed by atoms with van der Waals surface area (Å²) in [7, 11) is 2.91. The van der Waals surface area contributed by atoms with E-state index < -0.39 is 24.5 Å². The van der Waals surface area contributed by atoms with Gasteiger partial charge in [0.2, 0.25) is 11.8 Å². The highest BCUT2D eigenvalue weighted by atomic mass is 19.4. The minimum absolute atomic E-state index is 0.0467. The Labute approximate surface area is 188 Å². The molecule has 7 nitrogen and oxygen atoms in total. The summed E-state index contributed by atoms with van der Waals surface area (Å²) in [5.74, 6) is -1.21. The van der Waals surface area contributed by atoms with E-state index in [0.29, 0.717) is 33.2 Å². The van der Waals surface area contributed by atoms with E-state index in [-0.39, 0.29) is 25.4 Å². The number of carbonyl (C=O) groups is 2. The molecule has 10 heteroatoms. The van der Waals surface area contributed by atoms with Crippen LogP contribution in [0.2, 0.25) is 0 Å². The molecule has 0 radical (unpaired) electrons. The second-order valence-corrected chi connectivity index (χ2v) is 7.56. The summed E-state index contributed by atoms with van der Waals surface area (Å²) in [6.07, 6.45) is -4.80. The van der Waals surface area contributed by atoms with Gasteiger partial charge in [-0.3, -0.25) is 9.59 Å². The summed E-state index contributed by atoms with van der Waals surface area (Å²) in [6.45, 7) is -1.77. The van der Waals surface area contributed by atoms with Crippen molar-refractivity contribution < 1.29 is 32.2 Å². The maximum absolute atomic E-state index is 13.2. The zero-order valence-electron chi connectivity index (χ0n) is 18.1. The molecule has 0 bridgehead atoms. The molecule has 174 valence electrons. The largest absolute Gasteiger partial charge is 0.493 e. The molecule has 1 aliphatic heterocycles. The van der Waals surface area contributed by atoms with Crippen LogP contribution in [0, 0.1) is 17.2 Å². The minimum Gasteiger partial charge on any atom is -0.493 e. The number of carbonyl (C=O) groups excluding carboxylic acids is 2. The summed E-state index contributed by atoms with van der Waals surface area (Å²) in [5.41, 5.74) is 1.27. The molecule has 2 aromatic rings. The lowest BCUT2D eigenvalue weighted by Crippen LogP contribution is -2.42. The van der Waals surface area contributed by atoms with Gasteiger partial charge in [-0.1, -0.05) is 12.1 Å². The summed E-state index contributed by atoms with van der Waals surface area (Å²) in [6, 6.07) is 12.7. The van der Waals surface area contributed by atoms with E-state index in [0.717, 1.165) is 0 Å². The van der Waals surface area contributed by atoms with Crippen molar-refractivity contribution in [2.24, 2.45) is 5.92 Å². The monoisotopic (exact) mass is 461 g/mol. The Balaban J connectivity index is 1.80. The van der Waals surface area contributed by atoms with Gasteiger partial charge in [-0.05, 0) is 29.8 Å². The van der Waals surface area contributed by atoms with Gasteiger partial charge in [-0.2, -0.15) is 18.4 Å². The Morgan fingerprint density at radius 2 is 1.82 bits per heavy atom. The van der Waals surface area contributed by atoms with Crippen LogP contribution in [0.15, 0.2) is 42.5 Å². The van der Waals surface area contributed by atoms with Crippen LogP contribution in [0.1, 0.15) is 17.5 Å². The average molecular weight is 461 g/mol. The van der Waals surface area contributed by atoms with Gasteiger partial charge in [0.25, 0.3) is 0 Å². The van der Waals surface area contributed by atoms with Crippen molar-refractivity contribution in [3.63, 3.8) is 0 Å². The van der Waals surface area contributed by atoms with E-state index in [2.05, 4.69) is 0 Å². The molecule has 1 saturated heterocycles. The van der Waals surface area contributed by atoms with Crippen LogP contribution in [0.5, 0.6) is 11.5 Å². The zero-order chi connectivity index (χ0) is 24.2. The van der Waals surface area contributed by atoms with Gasteiger partial charge in [0.05, 0.1) is 31.8 Å². The standard InChI is InChI=1S/C23H22F3N3O4/c1-32-19-8-7-18(10-20(19)33-2)29-13-17(9-21(29)30)22(31)28(14-23(24,25)26)12-16-5-3-15(11-27)4-6-16/h3-8,10,17H,9,12-14H2,1-2H3. The quantitative estimate of drug-likeness (QED) is 0.630. The van der Waals surface area contributed by atoms with E-state index >= 15 is 0 Å². The molecule has 3 rings (SSSR count). The van der Waals surface area contributed by atoms with Crippen molar-refractivity contribution in [3.05, 3.63) is 53.6 Å². The molecule has 2 amide bonds. The maximum Gasteiger partial charge on any atom is 0.406 e. The van der Waals surface area contributed by atoms with E-state index in [4.69, 9.17) is 14.7 Å². The van der Waals surface area contributed by atoms with Crippen LogP contribution in [0.4, 0.5) is 18.9 Å². The number of halogens is 3. The third kappa shape index (κ3) is 5.74. The Morgan fingerprint density at radius 3 is 2.39 bits per heavy atom. The number of anilines is 1. The van der Waals surface area contributed by atoms with Gasteiger partial charge in [0.1, 0.15) is 6.54 Å². The maximum atomic E-state index is 13.2. The third-order valence-corrected chi connectivity index (χ3v) is 5.29. The van der Waals surface area contributed by atoms with Gasteiger partial charge in [-0.15, -0.1) is 0 Å². The van der Waals surface area contributed by atoms with E-state index in [1.54, 1.807) is 18.2 Å². The third-order valence-electron chi connectivity index (χ3n) is 5.29. The van der Waals surface area contributed by atoms with Crippen molar-refractivity contribution in [1.82, 2.24) is 4.90 Å². The molecule has 0 aromatic heterocycles. The highest BCUT2D eigenvalue weighted by Crippen LogP contribution is 2.34. The Kier molecular flexibility index (Phi) is 7.11. The number of amides is 2. The summed E-state index contributed by atoms with van der Waals surface area (Å²) in [5, 5.41) is 8.89. The number of nitriles is 1. The van der Waals surface area contributed by atoms with Gasteiger partial charge in [0.15, 0.2) is 11.5 Å². The number of ether oxygens (including phenoxy) is 2. The number of hydrogen-bond donors (Lipinski definition) is 0. The second kappa shape index (κ2) is 9.81. The van der Waals surface area contributed by atoms with Crippen molar-refractivity contribution in [3.8, 4) is 17.6 Å². The molecular weight excluding hydrogens is 439 g/mol. The molecule has 1 atom stereocenters. The number of rotatable bonds is 7. The first kappa shape index (κ1) is 23.9. The lowest BCUT2D eigenvalue weighted by atomic mass is 10.1. The number of methoxy groups -OCH3 is 2. The van der Waals surface area contributed by atoms with Crippen LogP contribution >= 0.6 is 0 Å². The molecule has 1 heterocycles. The zero-order valence-corrected chi connectivity index (χ0v) is 18.1. The molecule has 1 aliphatic rings. The van der Waals surface area contributed by atoms with E-state index in [9.17, 15) is 22.8 Å². The van der Waals surface area contributed by atoms with Gasteiger partial charge in [-0.25, -0.2) is 0 Å². The van der Waals surface area contributed by atoms with Crippen molar-refractivity contribution in [1.29, 1.82) is 5.26 Å². The fourth-order valence-corrected chi connectivity index (χ4v) is 3.71. The molecule has 1 unspecified atom stereocenters. The summed E-state index contributed by atoms with van der Waals surface area (Å²) in [4.78, 5) is 27.7. The van der Waals surface area contributed by atoms with Crippen LogP contribution < -0.4 is 14.4 Å². The van der Waals surface area contributed by atoms with Crippen LogP contribution in [0.3, 0.4) is 0 Å². The van der Waals surface area contributed by atoms with Crippen LogP contribution in [-0.4, -0.2) is 50.2 Å². The van der Waals surface area contributed by atoms with Gasteiger partial charge < -0.3 is 19.3 Å². The first-order valence-electron chi connectivity index (χ1n) is 10.0. The Bertz CT molecular complexity index is 1060. The molecule has 1 fully saturated rings. The molecule has 2 aromatic carbocycles. The normalized spacial score (nSPS) is 15.8. The van der Waals surface area contributed by atoms with Gasteiger partial charge in [0, 0.05) is 31.3 Å². The summed E-state index contributed by atoms with van der Waals surface area (Å²) < 4.78 is 50.0. The Hall–Kier alpha value is -3.74. The number of nitrogens with zero attached hydrogens (tertiary/aromatic N) is 3. The predicted molar refractivity (Wildman–Crippen MR) is 113 cm³/mol. The molecule has 0 aliphatic carbocycles. The summed E-state index contributed by atoms with van der Waals surface area (Å²) >= 11 is 0. The first-order chi connectivity index (χ1) is 15.6. The predicted octanol–water partition coefficient (Wildman–Crippen LogP) is 3.52. The fraction of sp³-hybridized carbons (Fsp3) is 0.348. The fourth-order valence-electron chi connectivity index (χ4n) is 3.71. The molecule has 0 N–H and O–H groups in total. The van der Waals surface area contributed by atoms with Crippen molar-refractivity contribution in [2.75, 3.05) is 32.2 Å². The molecular formula is C23H22F3N3O4. The molecule has 0 saturated carbocycles. The number of alkyl halides is 3.